The number of aliphatic hydroxyl groups is 1. The molecule has 1 aliphatic carbocycles. The first-order chi connectivity index (χ1) is 9.54. The average Bonchev–Trinajstić information content (AvgIpc) is 2.72. The van der Waals surface area contributed by atoms with Crippen LogP contribution >= 0.6 is 11.8 Å². The molecule has 3 rings (SSSR count). The summed E-state index contributed by atoms with van der Waals surface area (Å²) >= 11 is 1.06. The molecule has 0 saturated carbocycles. The molecule has 0 radical (unpaired) electrons. The molecule has 2 aliphatic rings. The minimum atomic E-state index is -0.390. The van der Waals surface area contributed by atoms with Crippen LogP contribution < -0.4 is 5.32 Å². The van der Waals surface area contributed by atoms with E-state index in [0.29, 0.717) is 12.3 Å². The molecule has 106 valence electrons. The predicted octanol–water partition coefficient (Wildman–Crippen LogP) is 2.20. The second kappa shape index (κ2) is 5.22. The van der Waals surface area contributed by atoms with E-state index in [0.717, 1.165) is 35.7 Å². The number of fused-ring (bicyclic) bond motifs is 1. The van der Waals surface area contributed by atoms with E-state index in [2.05, 4.69) is 18.3 Å². The fourth-order valence-electron chi connectivity index (χ4n) is 2.88. The van der Waals surface area contributed by atoms with Crippen LogP contribution in [0.1, 0.15) is 36.1 Å². The Morgan fingerprint density at radius 2 is 2.20 bits per heavy atom. The summed E-state index contributed by atoms with van der Waals surface area (Å²) in [4.78, 5) is 22.7. The molecular weight excluding hydrogens is 274 g/mol. The van der Waals surface area contributed by atoms with E-state index >= 15 is 0 Å². The van der Waals surface area contributed by atoms with Crippen LogP contribution in [0.2, 0.25) is 0 Å². The quantitative estimate of drug-likeness (QED) is 0.876. The molecule has 2 amide bonds. The Morgan fingerprint density at radius 1 is 1.40 bits per heavy atom. The van der Waals surface area contributed by atoms with Gasteiger partial charge in [-0.05, 0) is 41.9 Å². The maximum absolute atomic E-state index is 11.6. The van der Waals surface area contributed by atoms with Crippen LogP contribution in [0.4, 0.5) is 4.79 Å². The van der Waals surface area contributed by atoms with Crippen LogP contribution in [-0.4, -0.2) is 21.5 Å². The second-order valence-electron chi connectivity index (χ2n) is 5.58. The Labute approximate surface area is 121 Å². The van der Waals surface area contributed by atoms with E-state index in [1.54, 1.807) is 0 Å². The molecule has 0 bridgehead atoms. The smallest absolute Gasteiger partial charge is 0.286 e. The molecule has 1 aromatic rings. The third-order valence-electron chi connectivity index (χ3n) is 4.12. The minimum absolute atomic E-state index is 0.202. The molecule has 1 aromatic carbocycles. The van der Waals surface area contributed by atoms with Gasteiger partial charge in [0.2, 0.25) is 5.91 Å². The molecule has 0 spiro atoms. The first kappa shape index (κ1) is 13.6. The number of nitrogens with one attached hydrogen (secondary N) is 1. The van der Waals surface area contributed by atoms with E-state index in [1.165, 1.54) is 5.56 Å². The van der Waals surface area contributed by atoms with Gasteiger partial charge >= 0.3 is 0 Å². The average molecular weight is 291 g/mol. The van der Waals surface area contributed by atoms with E-state index in [1.807, 2.05) is 12.1 Å². The number of carbonyl (C=O) groups excluding carboxylic acids is 2. The predicted molar refractivity (Wildman–Crippen MR) is 77.5 cm³/mol. The normalized spacial score (nSPS) is 29.2. The van der Waals surface area contributed by atoms with Gasteiger partial charge in [0.05, 0.1) is 11.4 Å². The highest BCUT2D eigenvalue weighted by atomic mass is 32.2. The molecule has 1 fully saturated rings. The zero-order chi connectivity index (χ0) is 14.3. The molecular formula is C15H17NO3S. The summed E-state index contributed by atoms with van der Waals surface area (Å²) in [5, 5.41) is 11.9. The van der Waals surface area contributed by atoms with Crippen molar-refractivity contribution >= 4 is 22.9 Å². The van der Waals surface area contributed by atoms with Crippen molar-refractivity contribution in [2.45, 2.75) is 37.5 Å². The summed E-state index contributed by atoms with van der Waals surface area (Å²) in [7, 11) is 0. The van der Waals surface area contributed by atoms with E-state index in [-0.39, 0.29) is 16.4 Å². The Kier molecular flexibility index (Phi) is 3.56. The number of hydrogen-bond acceptors (Lipinski definition) is 4. The minimum Gasteiger partial charge on any atom is -0.388 e. The highest BCUT2D eigenvalue weighted by Gasteiger charge is 2.32. The maximum atomic E-state index is 11.6. The molecule has 1 saturated heterocycles. The van der Waals surface area contributed by atoms with Crippen molar-refractivity contribution in [1.82, 2.24) is 5.32 Å². The molecule has 1 aliphatic heterocycles. The van der Waals surface area contributed by atoms with Crippen molar-refractivity contribution < 1.29 is 14.7 Å². The van der Waals surface area contributed by atoms with Crippen molar-refractivity contribution in [3.8, 4) is 0 Å². The fourth-order valence-corrected chi connectivity index (χ4v) is 3.74. The van der Waals surface area contributed by atoms with Crippen LogP contribution in [0.5, 0.6) is 0 Å². The number of amides is 2. The monoisotopic (exact) mass is 291 g/mol. The number of benzene rings is 1. The van der Waals surface area contributed by atoms with Gasteiger partial charge in [0, 0.05) is 0 Å². The zero-order valence-corrected chi connectivity index (χ0v) is 12.1. The lowest BCUT2D eigenvalue weighted by Gasteiger charge is -2.27. The van der Waals surface area contributed by atoms with Gasteiger partial charge in [0.15, 0.2) is 0 Å². The number of aliphatic hydroxyl groups excluding tert-OH is 1. The van der Waals surface area contributed by atoms with E-state index < -0.39 is 6.10 Å². The molecule has 20 heavy (non-hydrogen) atoms. The van der Waals surface area contributed by atoms with Crippen LogP contribution in [0, 0.1) is 5.92 Å². The number of hydrogen-bond donors (Lipinski definition) is 2. The van der Waals surface area contributed by atoms with Gasteiger partial charge in [-0.15, -0.1) is 0 Å². The number of thioether (sulfide) groups is 1. The number of imide groups is 1. The van der Waals surface area contributed by atoms with Crippen molar-refractivity contribution in [2.75, 3.05) is 0 Å². The Balaban J connectivity index is 1.79. The standard InChI is InChI=1S/C15H17NO3S/c1-8-2-4-10-6-9(3-5-11(10)13(8)17)7-12-14(18)16-15(19)20-12/h3,5-6,8,12-13,17H,2,4,7H2,1H3,(H,16,18,19). The van der Waals surface area contributed by atoms with Gasteiger partial charge in [-0.3, -0.25) is 14.9 Å². The third kappa shape index (κ3) is 2.47. The van der Waals surface area contributed by atoms with Crippen LogP contribution in [0.25, 0.3) is 0 Å². The van der Waals surface area contributed by atoms with Crippen LogP contribution in [-0.2, 0) is 17.6 Å². The van der Waals surface area contributed by atoms with E-state index in [9.17, 15) is 14.7 Å². The van der Waals surface area contributed by atoms with E-state index in [4.69, 9.17) is 0 Å². The highest BCUT2D eigenvalue weighted by molar-refractivity contribution is 8.15. The lowest BCUT2D eigenvalue weighted by molar-refractivity contribution is -0.118. The molecule has 4 nitrogen and oxygen atoms in total. The van der Waals surface area contributed by atoms with Gasteiger partial charge in [0.25, 0.3) is 5.24 Å². The molecule has 2 N–H and O–H groups in total. The first-order valence-corrected chi connectivity index (χ1v) is 7.74. The van der Waals surface area contributed by atoms with Crippen molar-refractivity contribution in [3.63, 3.8) is 0 Å². The topological polar surface area (TPSA) is 66.4 Å². The Morgan fingerprint density at radius 3 is 2.90 bits per heavy atom. The summed E-state index contributed by atoms with van der Waals surface area (Å²) < 4.78 is 0. The number of aryl methyl sites for hydroxylation is 1. The summed E-state index contributed by atoms with van der Waals surface area (Å²) in [5.74, 6) is 0.0912. The Bertz CT molecular complexity index is 572. The summed E-state index contributed by atoms with van der Waals surface area (Å²) in [6.07, 6.45) is 2.11. The lowest BCUT2D eigenvalue weighted by atomic mass is 9.81. The molecule has 0 aromatic heterocycles. The Hall–Kier alpha value is -1.33. The van der Waals surface area contributed by atoms with Gasteiger partial charge in [-0.25, -0.2) is 0 Å². The first-order valence-electron chi connectivity index (χ1n) is 6.86. The largest absolute Gasteiger partial charge is 0.388 e. The van der Waals surface area contributed by atoms with Gasteiger partial charge in [0.1, 0.15) is 0 Å². The molecule has 3 unspecified atom stereocenters. The molecule has 3 atom stereocenters. The second-order valence-corrected chi connectivity index (χ2v) is 6.76. The number of carbonyl (C=O) groups is 2. The fraction of sp³-hybridized carbons (Fsp3) is 0.467. The maximum Gasteiger partial charge on any atom is 0.286 e. The van der Waals surface area contributed by atoms with Crippen LogP contribution in [0.3, 0.4) is 0 Å². The molecule has 1 heterocycles. The van der Waals surface area contributed by atoms with Crippen molar-refractivity contribution in [2.24, 2.45) is 5.92 Å². The summed E-state index contributed by atoms with van der Waals surface area (Å²) in [6.45, 7) is 2.06. The zero-order valence-electron chi connectivity index (χ0n) is 11.3. The SMILES string of the molecule is CC1CCc2cc(CC3SC(=O)NC3=O)ccc2C1O. The van der Waals surface area contributed by atoms with Crippen molar-refractivity contribution in [3.05, 3.63) is 34.9 Å². The van der Waals surface area contributed by atoms with Gasteiger partial charge in [-0.2, -0.15) is 0 Å². The molecule has 5 heteroatoms. The van der Waals surface area contributed by atoms with Gasteiger partial charge in [-0.1, -0.05) is 36.9 Å². The number of rotatable bonds is 2. The van der Waals surface area contributed by atoms with Crippen molar-refractivity contribution in [1.29, 1.82) is 0 Å². The van der Waals surface area contributed by atoms with Gasteiger partial charge < -0.3 is 5.11 Å². The lowest BCUT2D eigenvalue weighted by Crippen LogP contribution is -2.25. The van der Waals surface area contributed by atoms with Crippen LogP contribution in [0.15, 0.2) is 18.2 Å². The summed E-state index contributed by atoms with van der Waals surface area (Å²) in [6, 6.07) is 5.99. The highest BCUT2D eigenvalue weighted by Crippen LogP contribution is 2.35. The third-order valence-corrected chi connectivity index (χ3v) is 5.10. The summed E-state index contributed by atoms with van der Waals surface area (Å²) in [5.41, 5.74) is 3.22.